The van der Waals surface area contributed by atoms with Gasteiger partial charge in [0.05, 0.1) is 6.61 Å². The zero-order valence-electron chi connectivity index (χ0n) is 15.1. The molecule has 0 saturated carbocycles. The van der Waals surface area contributed by atoms with E-state index >= 15 is 0 Å². The van der Waals surface area contributed by atoms with Crippen molar-refractivity contribution in [2.45, 2.75) is 32.6 Å². The van der Waals surface area contributed by atoms with E-state index < -0.39 is 0 Å². The zero-order valence-corrected chi connectivity index (χ0v) is 17.4. The molecule has 0 aromatic heterocycles. The summed E-state index contributed by atoms with van der Waals surface area (Å²) in [7, 11) is 4.02. The molecule has 2 aliphatic rings. The fourth-order valence-electron chi connectivity index (χ4n) is 3.53. The number of halogens is 1. The number of hydrogen-bond donors (Lipinski definition) is 1. The molecule has 1 unspecified atom stereocenters. The van der Waals surface area contributed by atoms with Crippen molar-refractivity contribution in [2.75, 3.05) is 60.0 Å². The van der Waals surface area contributed by atoms with Gasteiger partial charge in [-0.15, -0.1) is 24.0 Å². The summed E-state index contributed by atoms with van der Waals surface area (Å²) in [5, 5.41) is 3.46. The highest BCUT2D eigenvalue weighted by atomic mass is 127. The Morgan fingerprint density at radius 1 is 1.17 bits per heavy atom. The van der Waals surface area contributed by atoms with Gasteiger partial charge in [-0.05, 0) is 58.7 Å². The van der Waals surface area contributed by atoms with Crippen molar-refractivity contribution < 1.29 is 4.74 Å². The second-order valence-corrected chi connectivity index (χ2v) is 6.83. The van der Waals surface area contributed by atoms with E-state index in [4.69, 9.17) is 9.73 Å². The van der Waals surface area contributed by atoms with E-state index in [0.29, 0.717) is 5.92 Å². The summed E-state index contributed by atoms with van der Waals surface area (Å²) in [5.74, 6) is 2.62. The number of nitrogens with zero attached hydrogens (tertiary/aromatic N) is 3. The van der Waals surface area contributed by atoms with E-state index in [1.165, 1.54) is 38.8 Å². The first-order valence-corrected chi connectivity index (χ1v) is 8.93. The summed E-state index contributed by atoms with van der Waals surface area (Å²) in [6, 6.07) is 0. The normalized spacial score (nSPS) is 23.9. The van der Waals surface area contributed by atoms with Crippen LogP contribution in [0.5, 0.6) is 0 Å². The summed E-state index contributed by atoms with van der Waals surface area (Å²) in [4.78, 5) is 9.72. The van der Waals surface area contributed by atoms with Crippen LogP contribution in [0, 0.1) is 11.8 Å². The number of rotatable bonds is 6. The van der Waals surface area contributed by atoms with Gasteiger partial charge in [0.25, 0.3) is 0 Å². The van der Waals surface area contributed by atoms with E-state index in [2.05, 4.69) is 29.1 Å². The topological polar surface area (TPSA) is 40.1 Å². The van der Waals surface area contributed by atoms with Crippen LogP contribution in [-0.4, -0.2) is 75.8 Å². The second-order valence-electron chi connectivity index (χ2n) is 6.83. The number of nitrogens with one attached hydrogen (secondary N) is 1. The first kappa shape index (κ1) is 21.0. The zero-order chi connectivity index (χ0) is 15.8. The molecule has 0 aromatic rings. The van der Waals surface area contributed by atoms with Crippen molar-refractivity contribution >= 4 is 29.9 Å². The molecule has 23 heavy (non-hydrogen) atoms. The lowest BCUT2D eigenvalue weighted by Crippen LogP contribution is -2.40. The van der Waals surface area contributed by atoms with Crippen LogP contribution in [-0.2, 0) is 4.74 Å². The van der Waals surface area contributed by atoms with Gasteiger partial charge in [0, 0.05) is 39.2 Å². The maximum atomic E-state index is 5.29. The van der Waals surface area contributed by atoms with Crippen molar-refractivity contribution in [3.05, 3.63) is 0 Å². The van der Waals surface area contributed by atoms with E-state index in [-0.39, 0.29) is 24.0 Å². The Bertz CT molecular complexity index is 345. The van der Waals surface area contributed by atoms with Crippen LogP contribution in [0.15, 0.2) is 4.99 Å². The lowest BCUT2D eigenvalue weighted by atomic mass is 9.94. The average Bonchev–Trinajstić information content (AvgIpc) is 2.97. The van der Waals surface area contributed by atoms with Crippen LogP contribution in [0.25, 0.3) is 0 Å². The lowest BCUT2D eigenvalue weighted by Gasteiger charge is -2.28. The van der Waals surface area contributed by atoms with Crippen LogP contribution in [0.4, 0.5) is 0 Å². The van der Waals surface area contributed by atoms with Gasteiger partial charge in [0.15, 0.2) is 5.96 Å². The Labute approximate surface area is 159 Å². The summed E-state index contributed by atoms with van der Waals surface area (Å²) in [5.41, 5.74) is 0. The summed E-state index contributed by atoms with van der Waals surface area (Å²) < 4.78 is 5.29. The quantitative estimate of drug-likeness (QED) is 0.393. The van der Waals surface area contributed by atoms with Gasteiger partial charge in [-0.3, -0.25) is 4.99 Å². The summed E-state index contributed by atoms with van der Waals surface area (Å²) in [6.07, 6.45) is 5.12. The van der Waals surface area contributed by atoms with Crippen LogP contribution in [0.3, 0.4) is 0 Å². The Morgan fingerprint density at radius 2 is 1.87 bits per heavy atom. The van der Waals surface area contributed by atoms with Gasteiger partial charge in [-0.25, -0.2) is 0 Å². The van der Waals surface area contributed by atoms with Crippen molar-refractivity contribution in [1.29, 1.82) is 0 Å². The molecule has 0 aliphatic carbocycles. The summed E-state index contributed by atoms with van der Waals surface area (Å²) >= 11 is 0. The second kappa shape index (κ2) is 11.5. The highest BCUT2D eigenvalue weighted by Gasteiger charge is 2.24. The van der Waals surface area contributed by atoms with Crippen LogP contribution in [0.1, 0.15) is 32.6 Å². The van der Waals surface area contributed by atoms with Crippen LogP contribution in [0.2, 0.25) is 0 Å². The number of aliphatic imine (C=N–C) groups is 1. The third-order valence-electron chi connectivity index (χ3n) is 4.96. The molecular formula is C17H35IN4O. The lowest BCUT2D eigenvalue weighted by molar-refractivity contribution is 0.157. The van der Waals surface area contributed by atoms with Crippen molar-refractivity contribution in [2.24, 2.45) is 16.8 Å². The molecule has 0 spiro atoms. The molecule has 0 radical (unpaired) electrons. The third-order valence-corrected chi connectivity index (χ3v) is 4.96. The SMILES string of the molecule is CCNC(=NCCC1CCN(C)CC1)N1CCC(COC)C1.I. The molecular weight excluding hydrogens is 403 g/mol. The molecule has 0 aromatic carbocycles. The van der Waals surface area contributed by atoms with E-state index in [1.807, 2.05) is 0 Å². The first-order chi connectivity index (χ1) is 10.7. The van der Waals surface area contributed by atoms with Gasteiger partial charge in [0.2, 0.25) is 0 Å². The van der Waals surface area contributed by atoms with Crippen molar-refractivity contribution in [3.63, 3.8) is 0 Å². The molecule has 2 saturated heterocycles. The highest BCUT2D eigenvalue weighted by molar-refractivity contribution is 14.0. The molecule has 2 rings (SSSR count). The summed E-state index contributed by atoms with van der Waals surface area (Å²) in [6.45, 7) is 9.60. The molecule has 136 valence electrons. The Morgan fingerprint density at radius 3 is 2.52 bits per heavy atom. The Hall–Kier alpha value is -0.0800. The number of guanidine groups is 1. The minimum absolute atomic E-state index is 0. The van der Waals surface area contributed by atoms with Gasteiger partial charge in [-0.2, -0.15) is 0 Å². The maximum Gasteiger partial charge on any atom is 0.193 e. The average molecular weight is 438 g/mol. The molecule has 1 atom stereocenters. The smallest absolute Gasteiger partial charge is 0.193 e. The maximum absolute atomic E-state index is 5.29. The first-order valence-electron chi connectivity index (χ1n) is 8.93. The Balaban J connectivity index is 0.00000264. The van der Waals surface area contributed by atoms with Crippen molar-refractivity contribution in [3.8, 4) is 0 Å². The van der Waals surface area contributed by atoms with E-state index in [1.54, 1.807) is 7.11 Å². The van der Waals surface area contributed by atoms with Gasteiger partial charge in [0.1, 0.15) is 0 Å². The molecule has 2 heterocycles. The minimum atomic E-state index is 0. The number of methoxy groups -OCH3 is 1. The third kappa shape index (κ3) is 7.13. The highest BCUT2D eigenvalue weighted by Crippen LogP contribution is 2.20. The molecule has 0 bridgehead atoms. The molecule has 0 amide bonds. The van der Waals surface area contributed by atoms with E-state index in [9.17, 15) is 0 Å². The number of likely N-dealkylation sites (tertiary alicyclic amines) is 2. The van der Waals surface area contributed by atoms with Gasteiger partial charge in [-0.1, -0.05) is 0 Å². The molecule has 5 nitrogen and oxygen atoms in total. The standard InChI is InChI=1S/C17H34N4O.HI/c1-4-18-17(21-12-8-16(13-21)14-22-3)19-9-5-15-6-10-20(2)11-7-15;/h15-16H,4-14H2,1-3H3,(H,18,19);1H. The molecule has 2 fully saturated rings. The van der Waals surface area contributed by atoms with Gasteiger partial charge < -0.3 is 19.9 Å². The fraction of sp³-hybridized carbons (Fsp3) is 0.941. The largest absolute Gasteiger partial charge is 0.384 e. The minimum Gasteiger partial charge on any atom is -0.384 e. The van der Waals surface area contributed by atoms with Gasteiger partial charge >= 0.3 is 0 Å². The fourth-order valence-corrected chi connectivity index (χ4v) is 3.53. The van der Waals surface area contributed by atoms with Crippen LogP contribution >= 0.6 is 24.0 Å². The predicted molar refractivity (Wildman–Crippen MR) is 108 cm³/mol. The number of piperidine rings is 1. The molecule has 6 heteroatoms. The van der Waals surface area contributed by atoms with Crippen molar-refractivity contribution in [1.82, 2.24) is 15.1 Å². The molecule has 1 N–H and O–H groups in total. The van der Waals surface area contributed by atoms with Crippen LogP contribution < -0.4 is 5.32 Å². The Kier molecular flexibility index (Phi) is 10.5. The number of hydrogen-bond acceptors (Lipinski definition) is 3. The number of ether oxygens (including phenoxy) is 1. The van der Waals surface area contributed by atoms with E-state index in [0.717, 1.165) is 44.7 Å². The predicted octanol–water partition coefficient (Wildman–Crippen LogP) is 2.27. The monoisotopic (exact) mass is 438 g/mol. The molecule has 2 aliphatic heterocycles.